The van der Waals surface area contributed by atoms with Crippen LogP contribution in [-0.4, -0.2) is 69.3 Å². The number of rotatable bonds is 6. The van der Waals surface area contributed by atoms with Gasteiger partial charge in [-0.25, -0.2) is 0 Å². The summed E-state index contributed by atoms with van der Waals surface area (Å²) >= 11 is 0. The Bertz CT molecular complexity index is 767. The fourth-order valence-corrected chi connectivity index (χ4v) is 4.65. The first-order valence-corrected chi connectivity index (χ1v) is 10.7. The lowest BCUT2D eigenvalue weighted by Crippen LogP contribution is -2.53. The van der Waals surface area contributed by atoms with E-state index < -0.39 is 0 Å². The largest absolute Gasteiger partial charge is 0.497 e. The summed E-state index contributed by atoms with van der Waals surface area (Å²) in [6.07, 6.45) is 2.51. The van der Waals surface area contributed by atoms with Crippen LogP contribution in [0.2, 0.25) is 0 Å². The molecule has 0 N–H and O–H groups in total. The van der Waals surface area contributed by atoms with Crippen LogP contribution in [0.4, 0.5) is 5.69 Å². The Kier molecular flexibility index (Phi) is 6.57. The minimum atomic E-state index is 0.724. The predicted octanol–water partition coefficient (Wildman–Crippen LogP) is 3.49. The average molecular weight is 396 g/mol. The van der Waals surface area contributed by atoms with Gasteiger partial charge in [0.25, 0.3) is 0 Å². The number of benzene rings is 2. The van der Waals surface area contributed by atoms with Crippen LogP contribution in [0.15, 0.2) is 48.5 Å². The molecule has 2 saturated heterocycles. The van der Waals surface area contributed by atoms with E-state index in [2.05, 4.69) is 51.1 Å². The number of nitrogens with zero attached hydrogens (tertiary/aromatic N) is 3. The fourth-order valence-electron chi connectivity index (χ4n) is 4.65. The van der Waals surface area contributed by atoms with Gasteiger partial charge in [0.05, 0.1) is 14.2 Å². The van der Waals surface area contributed by atoms with E-state index in [0.29, 0.717) is 0 Å². The summed E-state index contributed by atoms with van der Waals surface area (Å²) in [6, 6.07) is 17.7. The molecule has 2 heterocycles. The zero-order valence-electron chi connectivity index (χ0n) is 17.7. The molecule has 0 aliphatic carbocycles. The maximum Gasteiger partial charge on any atom is 0.127 e. The minimum absolute atomic E-state index is 0.724. The first-order valence-electron chi connectivity index (χ1n) is 10.7. The molecule has 0 bridgehead atoms. The van der Waals surface area contributed by atoms with Crippen molar-refractivity contribution in [2.24, 2.45) is 0 Å². The first kappa shape index (κ1) is 20.0. The summed E-state index contributed by atoms with van der Waals surface area (Å²) < 4.78 is 10.9. The van der Waals surface area contributed by atoms with Crippen LogP contribution in [0.3, 0.4) is 0 Å². The lowest BCUT2D eigenvalue weighted by Gasteiger charge is -2.43. The summed E-state index contributed by atoms with van der Waals surface area (Å²) in [4.78, 5) is 7.79. The second kappa shape index (κ2) is 9.51. The van der Waals surface area contributed by atoms with Gasteiger partial charge in [0.15, 0.2) is 0 Å². The molecule has 0 amide bonds. The zero-order valence-corrected chi connectivity index (χ0v) is 17.7. The summed E-state index contributed by atoms with van der Waals surface area (Å²) in [7, 11) is 3.43. The molecule has 0 spiro atoms. The second-order valence-corrected chi connectivity index (χ2v) is 8.04. The van der Waals surface area contributed by atoms with Crippen LogP contribution in [0.25, 0.3) is 0 Å². The number of likely N-dealkylation sites (tertiary alicyclic amines) is 1. The molecule has 29 heavy (non-hydrogen) atoms. The molecule has 0 unspecified atom stereocenters. The van der Waals surface area contributed by atoms with E-state index in [4.69, 9.17) is 9.47 Å². The van der Waals surface area contributed by atoms with Crippen LogP contribution in [0.5, 0.6) is 11.5 Å². The van der Waals surface area contributed by atoms with Gasteiger partial charge >= 0.3 is 0 Å². The molecule has 0 saturated carbocycles. The Hall–Kier alpha value is -2.24. The lowest BCUT2D eigenvalue weighted by molar-refractivity contribution is 0.0994. The molecule has 2 aliphatic rings. The molecule has 2 aromatic carbocycles. The average Bonchev–Trinajstić information content (AvgIpc) is 2.80. The number of para-hydroxylation sites is 1. The number of hydrogen-bond donors (Lipinski definition) is 0. The van der Waals surface area contributed by atoms with E-state index >= 15 is 0 Å². The van der Waals surface area contributed by atoms with E-state index in [1.807, 2.05) is 12.1 Å². The van der Waals surface area contributed by atoms with Crippen LogP contribution >= 0.6 is 0 Å². The fraction of sp³-hybridized carbons (Fsp3) is 0.500. The standard InChI is InChI=1S/C24H33N3O2/c1-28-23-9-8-20(24(18-23)29-2)19-25-12-10-22(11-13-25)27-16-14-26(15-17-27)21-6-4-3-5-7-21/h3-9,18,22H,10-17,19H2,1-2H3. The van der Waals surface area contributed by atoms with Crippen molar-refractivity contribution in [3.8, 4) is 11.5 Å². The molecule has 0 atom stereocenters. The summed E-state index contributed by atoms with van der Waals surface area (Å²) in [5, 5.41) is 0. The SMILES string of the molecule is COc1ccc(CN2CCC(N3CCN(c4ccccc4)CC3)CC2)c(OC)c1. The quantitative estimate of drug-likeness (QED) is 0.747. The third kappa shape index (κ3) is 4.85. The molecule has 0 aromatic heterocycles. The normalized spacial score (nSPS) is 19.3. The summed E-state index contributed by atoms with van der Waals surface area (Å²) in [5.74, 6) is 1.77. The van der Waals surface area contributed by atoms with Gasteiger partial charge in [0, 0.05) is 56.1 Å². The molecule has 4 rings (SSSR count). The molecule has 5 nitrogen and oxygen atoms in total. The number of ether oxygens (including phenoxy) is 2. The van der Waals surface area contributed by atoms with Gasteiger partial charge in [-0.05, 0) is 44.1 Å². The number of anilines is 1. The Morgan fingerprint density at radius 2 is 1.55 bits per heavy atom. The Morgan fingerprint density at radius 3 is 2.21 bits per heavy atom. The number of piperazine rings is 1. The third-order valence-corrected chi connectivity index (χ3v) is 6.40. The van der Waals surface area contributed by atoms with Gasteiger partial charge in [0.1, 0.15) is 11.5 Å². The van der Waals surface area contributed by atoms with E-state index in [9.17, 15) is 0 Å². The van der Waals surface area contributed by atoms with Crippen LogP contribution in [0.1, 0.15) is 18.4 Å². The molecular formula is C24H33N3O2. The first-order chi connectivity index (χ1) is 14.3. The molecule has 2 aliphatic heterocycles. The van der Waals surface area contributed by atoms with E-state index in [-0.39, 0.29) is 0 Å². The molecule has 2 fully saturated rings. The lowest BCUT2D eigenvalue weighted by atomic mass is 10.0. The van der Waals surface area contributed by atoms with Gasteiger partial charge < -0.3 is 14.4 Å². The number of piperidine rings is 1. The zero-order chi connectivity index (χ0) is 20.1. The van der Waals surface area contributed by atoms with E-state index in [0.717, 1.165) is 50.3 Å². The summed E-state index contributed by atoms with van der Waals surface area (Å²) in [5.41, 5.74) is 2.60. The monoisotopic (exact) mass is 395 g/mol. The number of methoxy groups -OCH3 is 2. The molecule has 0 radical (unpaired) electrons. The maximum atomic E-state index is 5.57. The highest BCUT2D eigenvalue weighted by molar-refractivity contribution is 5.46. The van der Waals surface area contributed by atoms with Gasteiger partial charge in [0.2, 0.25) is 0 Å². The van der Waals surface area contributed by atoms with Gasteiger partial charge in [-0.1, -0.05) is 24.3 Å². The molecule has 156 valence electrons. The van der Waals surface area contributed by atoms with Crippen molar-refractivity contribution in [1.29, 1.82) is 0 Å². The van der Waals surface area contributed by atoms with E-state index in [1.165, 1.54) is 37.2 Å². The van der Waals surface area contributed by atoms with Crippen molar-refractivity contribution < 1.29 is 9.47 Å². The van der Waals surface area contributed by atoms with Crippen molar-refractivity contribution in [2.75, 3.05) is 58.4 Å². The Labute approximate surface area is 174 Å². The number of hydrogen-bond acceptors (Lipinski definition) is 5. The summed E-state index contributed by atoms with van der Waals surface area (Å²) in [6.45, 7) is 7.86. The molecule has 5 heteroatoms. The van der Waals surface area contributed by atoms with Crippen LogP contribution in [0, 0.1) is 0 Å². The van der Waals surface area contributed by atoms with Gasteiger partial charge in [-0.2, -0.15) is 0 Å². The van der Waals surface area contributed by atoms with Crippen molar-refractivity contribution in [2.45, 2.75) is 25.4 Å². The topological polar surface area (TPSA) is 28.2 Å². The highest BCUT2D eigenvalue weighted by Gasteiger charge is 2.27. The van der Waals surface area contributed by atoms with Crippen molar-refractivity contribution in [3.63, 3.8) is 0 Å². The Balaban J connectivity index is 1.26. The van der Waals surface area contributed by atoms with E-state index in [1.54, 1.807) is 14.2 Å². The van der Waals surface area contributed by atoms with Crippen molar-refractivity contribution in [3.05, 3.63) is 54.1 Å². The van der Waals surface area contributed by atoms with Crippen LogP contribution < -0.4 is 14.4 Å². The second-order valence-electron chi connectivity index (χ2n) is 8.04. The van der Waals surface area contributed by atoms with Gasteiger partial charge in [-0.15, -0.1) is 0 Å². The van der Waals surface area contributed by atoms with Crippen LogP contribution in [-0.2, 0) is 6.54 Å². The highest BCUT2D eigenvalue weighted by Crippen LogP contribution is 2.27. The smallest absolute Gasteiger partial charge is 0.127 e. The van der Waals surface area contributed by atoms with Crippen molar-refractivity contribution >= 4 is 5.69 Å². The van der Waals surface area contributed by atoms with Crippen molar-refractivity contribution in [1.82, 2.24) is 9.80 Å². The maximum absolute atomic E-state index is 5.57. The molecular weight excluding hydrogens is 362 g/mol. The van der Waals surface area contributed by atoms with Gasteiger partial charge in [-0.3, -0.25) is 9.80 Å². The minimum Gasteiger partial charge on any atom is -0.497 e. The Morgan fingerprint density at radius 1 is 0.828 bits per heavy atom. The predicted molar refractivity (Wildman–Crippen MR) is 118 cm³/mol. The molecule has 2 aromatic rings. The third-order valence-electron chi connectivity index (χ3n) is 6.40. The highest BCUT2D eigenvalue weighted by atomic mass is 16.5.